The van der Waals surface area contributed by atoms with Crippen molar-refractivity contribution in [2.24, 2.45) is 0 Å². The van der Waals surface area contributed by atoms with Crippen LogP contribution in [0.25, 0.3) is 98.7 Å². The molecule has 0 fully saturated rings. The van der Waals surface area contributed by atoms with Crippen LogP contribution >= 0.6 is 0 Å². The van der Waals surface area contributed by atoms with Crippen molar-refractivity contribution in [3.8, 4) is 55.6 Å². The normalized spacial score (nSPS) is 11.5. The van der Waals surface area contributed by atoms with Crippen molar-refractivity contribution < 1.29 is 0 Å². The highest BCUT2D eigenvalue weighted by Gasteiger charge is 2.19. The van der Waals surface area contributed by atoms with E-state index in [0.717, 1.165) is 0 Å². The molecule has 0 saturated heterocycles. The van der Waals surface area contributed by atoms with Gasteiger partial charge in [0.25, 0.3) is 0 Å². The van der Waals surface area contributed by atoms with E-state index in [1.807, 2.05) is 0 Å². The van der Waals surface area contributed by atoms with Crippen LogP contribution < -0.4 is 0 Å². The first-order valence-corrected chi connectivity index (χ1v) is 18.0. The average molecular weight is 659 g/mol. The lowest BCUT2D eigenvalue weighted by Gasteiger charge is -2.20. The molecule has 0 aromatic heterocycles. The van der Waals surface area contributed by atoms with Gasteiger partial charge in [-0.1, -0.05) is 188 Å². The minimum absolute atomic E-state index is 1.21. The fourth-order valence-corrected chi connectivity index (χ4v) is 8.10. The Hall–Kier alpha value is -6.76. The molecule has 0 amide bonds. The summed E-state index contributed by atoms with van der Waals surface area (Å²) < 4.78 is 0. The lowest BCUT2D eigenvalue weighted by molar-refractivity contribution is 1.58. The topological polar surface area (TPSA) is 0 Å². The summed E-state index contributed by atoms with van der Waals surface area (Å²) in [5.74, 6) is 0. The number of rotatable bonds is 5. The first-order chi connectivity index (χ1) is 25.8. The molecule has 10 rings (SSSR count). The molecule has 0 saturated carbocycles. The zero-order chi connectivity index (χ0) is 34.4. The standard InChI is InChI=1S/C52H34/c1-2-12-35(13-3-1)37-22-25-38(26-23-37)45-16-6-7-17-46(45)52-49-20-10-8-18-47(49)51(48-19-9-11-21-50(48)52)44-31-30-42-33-41(28-29-43(42)34-44)40-27-24-36-14-4-5-15-39(36)32-40/h1-34H. The van der Waals surface area contributed by atoms with Crippen molar-refractivity contribution in [2.75, 3.05) is 0 Å². The van der Waals surface area contributed by atoms with Crippen molar-refractivity contribution in [1.82, 2.24) is 0 Å². The summed E-state index contributed by atoms with van der Waals surface area (Å²) in [5.41, 5.74) is 12.4. The molecular formula is C52H34. The Morgan fingerprint density at radius 2 is 0.577 bits per heavy atom. The van der Waals surface area contributed by atoms with E-state index < -0.39 is 0 Å². The van der Waals surface area contributed by atoms with Gasteiger partial charge in [0.2, 0.25) is 0 Å². The van der Waals surface area contributed by atoms with Gasteiger partial charge in [-0.3, -0.25) is 0 Å². The third-order valence-electron chi connectivity index (χ3n) is 10.6. The first-order valence-electron chi connectivity index (χ1n) is 18.0. The van der Waals surface area contributed by atoms with E-state index in [1.165, 1.54) is 98.7 Å². The zero-order valence-corrected chi connectivity index (χ0v) is 28.6. The minimum atomic E-state index is 1.21. The Kier molecular flexibility index (Phi) is 7.25. The van der Waals surface area contributed by atoms with Crippen molar-refractivity contribution in [3.63, 3.8) is 0 Å². The van der Waals surface area contributed by atoms with Crippen LogP contribution in [-0.2, 0) is 0 Å². The summed E-state index contributed by atoms with van der Waals surface area (Å²) in [5, 5.41) is 10.1. The number of fused-ring (bicyclic) bond motifs is 4. The second-order valence-electron chi connectivity index (χ2n) is 13.7. The molecule has 0 unspecified atom stereocenters. The molecule has 0 aliphatic rings. The van der Waals surface area contributed by atoms with E-state index in [4.69, 9.17) is 0 Å². The van der Waals surface area contributed by atoms with Gasteiger partial charge in [0, 0.05) is 0 Å². The molecule has 0 atom stereocenters. The highest BCUT2D eigenvalue weighted by molar-refractivity contribution is 6.22. The second kappa shape index (κ2) is 12.5. The highest BCUT2D eigenvalue weighted by atomic mass is 14.2. The van der Waals surface area contributed by atoms with Gasteiger partial charge < -0.3 is 0 Å². The number of benzene rings is 10. The lowest BCUT2D eigenvalue weighted by Crippen LogP contribution is -1.93. The molecule has 10 aromatic rings. The summed E-state index contributed by atoms with van der Waals surface area (Å²) in [6.07, 6.45) is 0. The molecule has 0 radical (unpaired) electrons. The smallest absolute Gasteiger partial charge is 0.00201 e. The van der Waals surface area contributed by atoms with Crippen molar-refractivity contribution in [3.05, 3.63) is 206 Å². The minimum Gasteiger partial charge on any atom is -0.0622 e. The monoisotopic (exact) mass is 658 g/mol. The van der Waals surface area contributed by atoms with E-state index in [0.29, 0.717) is 0 Å². The Balaban J connectivity index is 1.12. The molecule has 242 valence electrons. The lowest BCUT2D eigenvalue weighted by atomic mass is 9.83. The fourth-order valence-electron chi connectivity index (χ4n) is 8.10. The molecule has 0 bridgehead atoms. The summed E-state index contributed by atoms with van der Waals surface area (Å²) in [6, 6.07) is 75.5. The van der Waals surface area contributed by atoms with Crippen LogP contribution in [0.2, 0.25) is 0 Å². The van der Waals surface area contributed by atoms with Crippen molar-refractivity contribution in [2.45, 2.75) is 0 Å². The van der Waals surface area contributed by atoms with Gasteiger partial charge in [-0.25, -0.2) is 0 Å². The van der Waals surface area contributed by atoms with E-state index in [1.54, 1.807) is 0 Å². The predicted molar refractivity (Wildman–Crippen MR) is 224 cm³/mol. The van der Waals surface area contributed by atoms with Gasteiger partial charge in [-0.15, -0.1) is 0 Å². The SMILES string of the molecule is c1ccc(-c2ccc(-c3ccccc3-c3c4ccccc4c(-c4ccc5cc(-c6ccc7ccccc7c6)ccc5c4)c4ccccc34)cc2)cc1. The van der Waals surface area contributed by atoms with Crippen molar-refractivity contribution >= 4 is 43.1 Å². The summed E-state index contributed by atoms with van der Waals surface area (Å²) in [6.45, 7) is 0. The van der Waals surface area contributed by atoms with Crippen LogP contribution in [0.5, 0.6) is 0 Å². The molecule has 10 aromatic carbocycles. The Bertz CT molecular complexity index is 2880. The van der Waals surface area contributed by atoms with E-state index in [-0.39, 0.29) is 0 Å². The molecule has 0 heteroatoms. The van der Waals surface area contributed by atoms with Crippen LogP contribution in [0.15, 0.2) is 206 Å². The molecule has 0 heterocycles. The number of hydrogen-bond acceptors (Lipinski definition) is 0. The maximum absolute atomic E-state index is 2.37. The third kappa shape index (κ3) is 5.16. The zero-order valence-electron chi connectivity index (χ0n) is 28.6. The van der Waals surface area contributed by atoms with Gasteiger partial charge in [-0.05, 0) is 117 Å². The molecule has 0 N–H and O–H groups in total. The highest BCUT2D eigenvalue weighted by Crippen LogP contribution is 2.46. The average Bonchev–Trinajstić information content (AvgIpc) is 3.22. The van der Waals surface area contributed by atoms with E-state index in [9.17, 15) is 0 Å². The quantitative estimate of drug-likeness (QED) is 0.161. The van der Waals surface area contributed by atoms with Gasteiger partial charge in [-0.2, -0.15) is 0 Å². The van der Waals surface area contributed by atoms with Gasteiger partial charge in [0.05, 0.1) is 0 Å². The van der Waals surface area contributed by atoms with Crippen molar-refractivity contribution in [1.29, 1.82) is 0 Å². The van der Waals surface area contributed by atoms with Gasteiger partial charge in [0.1, 0.15) is 0 Å². The molecule has 0 nitrogen and oxygen atoms in total. The van der Waals surface area contributed by atoms with Crippen LogP contribution in [0.3, 0.4) is 0 Å². The molecule has 0 aliphatic heterocycles. The van der Waals surface area contributed by atoms with E-state index in [2.05, 4.69) is 206 Å². The molecule has 52 heavy (non-hydrogen) atoms. The largest absolute Gasteiger partial charge is 0.0622 e. The Morgan fingerprint density at radius 1 is 0.192 bits per heavy atom. The first kappa shape index (κ1) is 30.1. The summed E-state index contributed by atoms with van der Waals surface area (Å²) >= 11 is 0. The van der Waals surface area contributed by atoms with Crippen LogP contribution in [0.4, 0.5) is 0 Å². The van der Waals surface area contributed by atoms with Crippen LogP contribution in [0, 0.1) is 0 Å². The Morgan fingerprint density at radius 3 is 1.21 bits per heavy atom. The maximum atomic E-state index is 2.37. The molecule has 0 spiro atoms. The van der Waals surface area contributed by atoms with Gasteiger partial charge >= 0.3 is 0 Å². The summed E-state index contributed by atoms with van der Waals surface area (Å²) in [4.78, 5) is 0. The Labute approximate surface area is 303 Å². The third-order valence-corrected chi connectivity index (χ3v) is 10.6. The fraction of sp³-hybridized carbons (Fsp3) is 0. The van der Waals surface area contributed by atoms with Crippen LogP contribution in [0.1, 0.15) is 0 Å². The van der Waals surface area contributed by atoms with Gasteiger partial charge in [0.15, 0.2) is 0 Å². The second-order valence-corrected chi connectivity index (χ2v) is 13.7. The maximum Gasteiger partial charge on any atom is -0.00201 e. The van der Waals surface area contributed by atoms with E-state index >= 15 is 0 Å². The predicted octanol–water partition coefficient (Wildman–Crippen LogP) is 14.6. The number of hydrogen-bond donors (Lipinski definition) is 0. The summed E-state index contributed by atoms with van der Waals surface area (Å²) in [7, 11) is 0. The van der Waals surface area contributed by atoms with Crippen LogP contribution in [-0.4, -0.2) is 0 Å². The molecule has 0 aliphatic carbocycles. The molecular weight excluding hydrogens is 625 g/mol.